The second-order valence-corrected chi connectivity index (χ2v) is 8.05. The van der Waals surface area contributed by atoms with Gasteiger partial charge in [0.05, 0.1) is 15.7 Å². The average Bonchev–Trinajstić information content (AvgIpc) is 3.27. The van der Waals surface area contributed by atoms with Crippen molar-refractivity contribution in [2.24, 2.45) is 0 Å². The summed E-state index contributed by atoms with van der Waals surface area (Å²) < 4.78 is 35.8. The first-order valence-corrected chi connectivity index (χ1v) is 9.83. The first-order valence-electron chi connectivity index (χ1n) is 9.08. The van der Waals surface area contributed by atoms with Crippen LogP contribution in [0.2, 0.25) is 10.0 Å². The molecule has 1 aliphatic carbocycles. The molecule has 0 amide bonds. The summed E-state index contributed by atoms with van der Waals surface area (Å²) in [4.78, 5) is 11.3. The largest absolute Gasteiger partial charge is 0.475 e. The van der Waals surface area contributed by atoms with E-state index in [9.17, 15) is 18.7 Å². The average molecular weight is 440 g/mol. The molecule has 1 unspecified atom stereocenters. The summed E-state index contributed by atoms with van der Waals surface area (Å²) in [6.07, 6.45) is 1.55. The Hall–Kier alpha value is -2.31. The Morgan fingerprint density at radius 1 is 1.21 bits per heavy atom. The Morgan fingerprint density at radius 2 is 1.97 bits per heavy atom. The molecule has 4 nitrogen and oxygen atoms in total. The van der Waals surface area contributed by atoms with Crippen LogP contribution >= 0.6 is 23.2 Å². The van der Waals surface area contributed by atoms with Crippen molar-refractivity contribution in [1.82, 2.24) is 4.57 Å². The van der Waals surface area contributed by atoms with Crippen LogP contribution in [-0.4, -0.2) is 21.6 Å². The van der Waals surface area contributed by atoms with Crippen LogP contribution in [-0.2, 0) is 6.42 Å². The zero-order chi connectivity index (χ0) is 20.9. The smallest absolute Gasteiger partial charge is 0.371 e. The predicted molar refractivity (Wildman–Crippen MR) is 107 cm³/mol. The van der Waals surface area contributed by atoms with Gasteiger partial charge in [0.2, 0.25) is 11.6 Å². The van der Waals surface area contributed by atoms with Crippen LogP contribution in [0.15, 0.2) is 40.8 Å². The molecular formula is C21H17Cl2F2NO3. The lowest BCUT2D eigenvalue weighted by molar-refractivity contribution is -0.0134. The van der Waals surface area contributed by atoms with Crippen molar-refractivity contribution in [3.8, 4) is 17.1 Å². The van der Waals surface area contributed by atoms with Crippen molar-refractivity contribution in [2.75, 3.05) is 0 Å². The molecule has 0 bridgehead atoms. The number of carboxylic acid groups (broad SMARTS) is 1. The van der Waals surface area contributed by atoms with Crippen LogP contribution in [0.5, 0.6) is 0 Å². The van der Waals surface area contributed by atoms with Gasteiger partial charge in [-0.2, -0.15) is 0 Å². The number of alkyl halides is 2. The lowest BCUT2D eigenvalue weighted by atomic mass is 9.83. The molecule has 29 heavy (non-hydrogen) atoms. The van der Waals surface area contributed by atoms with Crippen LogP contribution in [0.3, 0.4) is 0 Å². The van der Waals surface area contributed by atoms with Gasteiger partial charge >= 0.3 is 5.97 Å². The maximum Gasteiger partial charge on any atom is 0.371 e. The van der Waals surface area contributed by atoms with Crippen molar-refractivity contribution in [2.45, 2.75) is 38.0 Å². The topological polar surface area (TPSA) is 55.4 Å². The quantitative estimate of drug-likeness (QED) is 0.485. The minimum atomic E-state index is -2.88. The molecule has 2 aromatic heterocycles. The zero-order valence-corrected chi connectivity index (χ0v) is 16.9. The Bertz CT molecular complexity index is 1100. The van der Waals surface area contributed by atoms with Gasteiger partial charge in [-0.1, -0.05) is 29.3 Å². The van der Waals surface area contributed by atoms with Crippen molar-refractivity contribution >= 4 is 29.2 Å². The minimum Gasteiger partial charge on any atom is -0.475 e. The molecule has 2 heterocycles. The van der Waals surface area contributed by atoms with Crippen LogP contribution in [0.1, 0.15) is 47.5 Å². The van der Waals surface area contributed by atoms with Gasteiger partial charge in [-0.25, -0.2) is 13.6 Å². The predicted octanol–water partition coefficient (Wildman–Crippen LogP) is 6.82. The number of aromatic nitrogens is 1. The number of hydrogen-bond acceptors (Lipinski definition) is 2. The standard InChI is InChI=1S/C21H17Cl2F2NO3/c1-21(24,25)13-3-2-4-16-12(13)10-17(11-5-6-14(22)15(23)9-11)26(16)19-8-7-18(29-19)20(27)28/h5-10,13H,2-4H2,1H3,(H,27,28). The summed E-state index contributed by atoms with van der Waals surface area (Å²) in [5.74, 6) is -4.99. The molecule has 0 saturated heterocycles. The molecule has 4 rings (SSSR count). The number of rotatable bonds is 4. The normalized spacial score (nSPS) is 16.7. The van der Waals surface area contributed by atoms with Gasteiger partial charge in [0.25, 0.3) is 5.92 Å². The third-order valence-electron chi connectivity index (χ3n) is 5.27. The van der Waals surface area contributed by atoms with E-state index in [1.54, 1.807) is 28.8 Å². The number of carbonyl (C=O) groups is 1. The molecule has 1 aromatic carbocycles. The fourth-order valence-corrected chi connectivity index (χ4v) is 4.26. The summed E-state index contributed by atoms with van der Waals surface area (Å²) in [7, 11) is 0. The van der Waals surface area contributed by atoms with Crippen molar-refractivity contribution in [3.63, 3.8) is 0 Å². The second-order valence-electron chi connectivity index (χ2n) is 7.24. The van der Waals surface area contributed by atoms with Gasteiger partial charge in [0.1, 0.15) is 0 Å². The lowest BCUT2D eigenvalue weighted by Crippen LogP contribution is -2.26. The fourth-order valence-electron chi connectivity index (χ4n) is 3.97. The van der Waals surface area contributed by atoms with E-state index in [4.69, 9.17) is 27.6 Å². The molecular weight excluding hydrogens is 423 g/mol. The molecule has 8 heteroatoms. The molecule has 0 spiro atoms. The van der Waals surface area contributed by atoms with Gasteiger partial charge in [-0.15, -0.1) is 0 Å². The number of aromatic carboxylic acids is 1. The Morgan fingerprint density at radius 3 is 2.59 bits per heavy atom. The minimum absolute atomic E-state index is 0.226. The molecule has 3 aromatic rings. The van der Waals surface area contributed by atoms with Crippen molar-refractivity contribution < 1.29 is 23.1 Å². The summed E-state index contributed by atoms with van der Waals surface area (Å²) >= 11 is 12.2. The van der Waals surface area contributed by atoms with Gasteiger partial charge in [-0.3, -0.25) is 4.57 Å². The number of furan rings is 1. The summed E-state index contributed by atoms with van der Waals surface area (Å²) in [5.41, 5.74) is 2.49. The van der Waals surface area contributed by atoms with Crippen molar-refractivity contribution in [1.29, 1.82) is 0 Å². The van der Waals surface area contributed by atoms with E-state index in [0.29, 0.717) is 51.8 Å². The van der Waals surface area contributed by atoms with E-state index in [0.717, 1.165) is 6.92 Å². The van der Waals surface area contributed by atoms with Crippen molar-refractivity contribution in [3.05, 3.63) is 63.5 Å². The van der Waals surface area contributed by atoms with Crippen LogP contribution in [0.4, 0.5) is 8.78 Å². The zero-order valence-electron chi connectivity index (χ0n) is 15.4. The van der Waals surface area contributed by atoms with E-state index in [1.165, 1.54) is 12.1 Å². The fraction of sp³-hybridized carbons (Fsp3) is 0.286. The maximum atomic E-state index is 14.3. The van der Waals surface area contributed by atoms with Crippen LogP contribution < -0.4 is 0 Å². The maximum absolute atomic E-state index is 14.3. The molecule has 1 aliphatic rings. The van der Waals surface area contributed by atoms with Crippen LogP contribution in [0.25, 0.3) is 17.1 Å². The third-order valence-corrected chi connectivity index (χ3v) is 6.01. The number of halogens is 4. The number of fused-ring (bicyclic) bond motifs is 1. The molecule has 0 aliphatic heterocycles. The van der Waals surface area contributed by atoms with Crippen LogP contribution in [0, 0.1) is 0 Å². The summed E-state index contributed by atoms with van der Waals surface area (Å²) in [6, 6.07) is 9.62. The number of carboxylic acids is 1. The van der Waals surface area contributed by atoms with E-state index in [-0.39, 0.29) is 11.6 Å². The summed E-state index contributed by atoms with van der Waals surface area (Å²) in [5, 5.41) is 9.91. The van der Waals surface area contributed by atoms with E-state index >= 15 is 0 Å². The molecule has 0 fully saturated rings. The highest BCUT2D eigenvalue weighted by molar-refractivity contribution is 6.42. The van der Waals surface area contributed by atoms with Gasteiger partial charge in [-0.05, 0) is 56.0 Å². The molecule has 0 saturated carbocycles. The van der Waals surface area contributed by atoms with Gasteiger partial charge in [0.15, 0.2) is 0 Å². The second kappa shape index (κ2) is 7.18. The summed E-state index contributed by atoms with van der Waals surface area (Å²) in [6.45, 7) is 0.929. The number of hydrogen-bond donors (Lipinski definition) is 1. The molecule has 152 valence electrons. The SMILES string of the molecule is CC(F)(F)C1CCCc2c1cc(-c1ccc(Cl)c(Cl)c1)n2-c1ccc(C(=O)O)o1. The van der Waals surface area contributed by atoms with E-state index in [2.05, 4.69) is 0 Å². The Kier molecular flexibility index (Phi) is 4.95. The Labute approximate surface area is 175 Å². The molecule has 1 atom stereocenters. The molecule has 1 N–H and O–H groups in total. The molecule has 0 radical (unpaired) electrons. The van der Waals surface area contributed by atoms with Gasteiger partial charge < -0.3 is 9.52 Å². The Balaban J connectivity index is 1.97. The van der Waals surface area contributed by atoms with E-state index in [1.807, 2.05) is 0 Å². The monoisotopic (exact) mass is 439 g/mol. The highest BCUT2D eigenvalue weighted by Crippen LogP contribution is 2.46. The first-order chi connectivity index (χ1) is 13.7. The first kappa shape index (κ1) is 20.0. The number of nitrogens with zero attached hydrogens (tertiary/aromatic N) is 1. The highest BCUT2D eigenvalue weighted by atomic mass is 35.5. The lowest BCUT2D eigenvalue weighted by Gasteiger charge is -2.28. The van der Waals surface area contributed by atoms with E-state index < -0.39 is 17.8 Å². The number of benzene rings is 1. The highest BCUT2D eigenvalue weighted by Gasteiger charge is 2.40. The van der Waals surface area contributed by atoms with Gasteiger partial charge in [0, 0.05) is 23.2 Å². The third kappa shape index (κ3) is 3.55.